The van der Waals surface area contributed by atoms with Gasteiger partial charge < -0.3 is 15.0 Å². The Bertz CT molecular complexity index is 562. The number of amides is 2. The lowest BCUT2D eigenvalue weighted by molar-refractivity contribution is -0.122. The van der Waals surface area contributed by atoms with Gasteiger partial charge in [0.05, 0.1) is 12.1 Å². The van der Waals surface area contributed by atoms with Gasteiger partial charge in [0.15, 0.2) is 0 Å². The predicted molar refractivity (Wildman–Crippen MR) is 93.8 cm³/mol. The lowest BCUT2D eigenvalue weighted by Crippen LogP contribution is -2.51. The summed E-state index contributed by atoms with van der Waals surface area (Å²) in [6, 6.07) is 1.77. The fourth-order valence-electron chi connectivity index (χ4n) is 2.52. The van der Waals surface area contributed by atoms with Crippen LogP contribution in [-0.2, 0) is 9.53 Å². The molecule has 1 N–H and O–H groups in total. The molecule has 2 amide bonds. The van der Waals surface area contributed by atoms with Gasteiger partial charge in [0.2, 0.25) is 5.91 Å². The zero-order valence-corrected chi connectivity index (χ0v) is 15.4. The van der Waals surface area contributed by atoms with Gasteiger partial charge in [-0.1, -0.05) is 0 Å². The third kappa shape index (κ3) is 5.85. The van der Waals surface area contributed by atoms with Crippen molar-refractivity contribution in [1.29, 1.82) is 0 Å². The molecule has 1 aromatic heterocycles. The molecule has 7 nitrogen and oxygen atoms in total. The third-order valence-corrected chi connectivity index (χ3v) is 4.26. The van der Waals surface area contributed by atoms with E-state index in [2.05, 4.69) is 31.1 Å². The maximum atomic E-state index is 12.4. The summed E-state index contributed by atoms with van der Waals surface area (Å²) in [7, 11) is 1.65. The number of nitrogens with one attached hydrogen (secondary N) is 1. The van der Waals surface area contributed by atoms with Crippen molar-refractivity contribution < 1.29 is 14.3 Å². The first-order chi connectivity index (χ1) is 11.6. The number of piperazine rings is 1. The Morgan fingerprint density at radius 3 is 2.71 bits per heavy atom. The van der Waals surface area contributed by atoms with Gasteiger partial charge in [-0.3, -0.25) is 19.5 Å². The largest absolute Gasteiger partial charge is 0.385 e. The maximum Gasteiger partial charge on any atom is 0.255 e. The highest BCUT2D eigenvalue weighted by molar-refractivity contribution is 9.10. The minimum Gasteiger partial charge on any atom is -0.385 e. The predicted octanol–water partition coefficient (Wildman–Crippen LogP) is 0.755. The number of nitrogens with zero attached hydrogens (tertiary/aromatic N) is 3. The molecule has 0 unspecified atom stereocenters. The monoisotopic (exact) mass is 398 g/mol. The van der Waals surface area contributed by atoms with Gasteiger partial charge in [-0.15, -0.1) is 0 Å². The van der Waals surface area contributed by atoms with Crippen LogP contribution in [0.25, 0.3) is 0 Å². The van der Waals surface area contributed by atoms with Crippen molar-refractivity contribution in [2.45, 2.75) is 6.42 Å². The van der Waals surface area contributed by atoms with Gasteiger partial charge in [-0.2, -0.15) is 0 Å². The van der Waals surface area contributed by atoms with Crippen LogP contribution < -0.4 is 5.32 Å². The first-order valence-electron chi connectivity index (χ1n) is 7.98. The van der Waals surface area contributed by atoms with Gasteiger partial charge in [0, 0.05) is 63.3 Å². The van der Waals surface area contributed by atoms with E-state index in [0.717, 1.165) is 10.9 Å². The average molecular weight is 399 g/mol. The zero-order chi connectivity index (χ0) is 17.4. The second-order valence-corrected chi connectivity index (χ2v) is 6.57. The molecule has 0 saturated carbocycles. The van der Waals surface area contributed by atoms with Crippen LogP contribution in [0.3, 0.4) is 0 Å². The third-order valence-electron chi connectivity index (χ3n) is 3.83. The lowest BCUT2D eigenvalue weighted by Gasteiger charge is -2.34. The average Bonchev–Trinajstić information content (AvgIpc) is 2.59. The van der Waals surface area contributed by atoms with Crippen LogP contribution in [0.15, 0.2) is 22.9 Å². The number of carbonyl (C=O) groups excluding carboxylic acids is 2. The molecule has 2 rings (SSSR count). The second-order valence-electron chi connectivity index (χ2n) is 5.66. The summed E-state index contributed by atoms with van der Waals surface area (Å²) >= 11 is 3.33. The quantitative estimate of drug-likeness (QED) is 0.686. The maximum absolute atomic E-state index is 12.4. The summed E-state index contributed by atoms with van der Waals surface area (Å²) in [6.45, 7) is 4.25. The fourth-order valence-corrected chi connectivity index (χ4v) is 2.89. The van der Waals surface area contributed by atoms with Gasteiger partial charge in [0.1, 0.15) is 0 Å². The molecule has 0 atom stereocenters. The summed E-state index contributed by atoms with van der Waals surface area (Å²) in [6.07, 6.45) is 4.04. The molecule has 0 radical (unpaired) electrons. The standard InChI is InChI=1S/C16H23BrN4O3/c1-24-8-2-3-19-15(22)12-20-4-6-21(7-5-20)16(23)13-9-14(17)11-18-10-13/h9-11H,2-8,12H2,1H3,(H,19,22). The molecular formula is C16H23BrN4O3. The van der Waals surface area contributed by atoms with Crippen LogP contribution in [0.5, 0.6) is 0 Å². The Morgan fingerprint density at radius 2 is 2.04 bits per heavy atom. The van der Waals surface area contributed by atoms with Crippen molar-refractivity contribution >= 4 is 27.7 Å². The summed E-state index contributed by atoms with van der Waals surface area (Å²) < 4.78 is 5.73. The lowest BCUT2D eigenvalue weighted by atomic mass is 10.2. The van der Waals surface area contributed by atoms with E-state index in [4.69, 9.17) is 4.74 Å². The van der Waals surface area contributed by atoms with Gasteiger partial charge >= 0.3 is 0 Å². The van der Waals surface area contributed by atoms with Crippen molar-refractivity contribution in [2.75, 3.05) is 53.0 Å². The number of halogens is 1. The number of rotatable bonds is 7. The molecule has 24 heavy (non-hydrogen) atoms. The van der Waals surface area contributed by atoms with E-state index in [0.29, 0.717) is 51.4 Å². The van der Waals surface area contributed by atoms with Crippen molar-refractivity contribution in [3.8, 4) is 0 Å². The van der Waals surface area contributed by atoms with E-state index in [1.165, 1.54) is 0 Å². The van der Waals surface area contributed by atoms with Crippen LogP contribution in [0.2, 0.25) is 0 Å². The Kier molecular flexibility index (Phi) is 7.61. The number of methoxy groups -OCH3 is 1. The van der Waals surface area contributed by atoms with E-state index < -0.39 is 0 Å². The molecular weight excluding hydrogens is 376 g/mol. The van der Waals surface area contributed by atoms with Gasteiger partial charge in [-0.25, -0.2) is 0 Å². The summed E-state index contributed by atoms with van der Waals surface area (Å²) in [5.74, 6) is -0.00506. The zero-order valence-electron chi connectivity index (χ0n) is 13.8. The molecule has 1 aliphatic heterocycles. The van der Waals surface area contributed by atoms with E-state index in [9.17, 15) is 9.59 Å². The molecule has 0 bridgehead atoms. The molecule has 0 aliphatic carbocycles. The summed E-state index contributed by atoms with van der Waals surface area (Å²) in [4.78, 5) is 32.2. The Hall–Kier alpha value is -1.51. The van der Waals surface area contributed by atoms with E-state index in [1.807, 2.05) is 0 Å². The van der Waals surface area contributed by atoms with Crippen molar-refractivity contribution in [3.05, 3.63) is 28.5 Å². The molecule has 0 spiro atoms. The highest BCUT2D eigenvalue weighted by atomic mass is 79.9. The van der Waals surface area contributed by atoms with Crippen LogP contribution in [0.4, 0.5) is 0 Å². The van der Waals surface area contributed by atoms with E-state index in [1.54, 1.807) is 30.5 Å². The number of aromatic nitrogens is 1. The molecule has 1 fully saturated rings. The van der Waals surface area contributed by atoms with E-state index in [-0.39, 0.29) is 11.8 Å². The first kappa shape index (κ1) is 18.8. The van der Waals surface area contributed by atoms with Gasteiger partial charge in [-0.05, 0) is 28.4 Å². The van der Waals surface area contributed by atoms with Gasteiger partial charge in [0.25, 0.3) is 5.91 Å². The van der Waals surface area contributed by atoms with Crippen molar-refractivity contribution in [2.24, 2.45) is 0 Å². The minimum atomic E-state index is -0.0209. The summed E-state index contributed by atoms with van der Waals surface area (Å²) in [5, 5.41) is 2.88. The van der Waals surface area contributed by atoms with E-state index >= 15 is 0 Å². The Labute approximate surface area is 150 Å². The summed E-state index contributed by atoms with van der Waals surface area (Å²) in [5.41, 5.74) is 0.578. The van der Waals surface area contributed by atoms with Crippen molar-refractivity contribution in [1.82, 2.24) is 20.1 Å². The first-order valence-corrected chi connectivity index (χ1v) is 8.77. The number of hydrogen-bond acceptors (Lipinski definition) is 5. The highest BCUT2D eigenvalue weighted by Gasteiger charge is 2.23. The van der Waals surface area contributed by atoms with Crippen LogP contribution >= 0.6 is 15.9 Å². The van der Waals surface area contributed by atoms with Crippen LogP contribution in [0, 0.1) is 0 Å². The second kappa shape index (κ2) is 9.71. The molecule has 132 valence electrons. The number of hydrogen-bond donors (Lipinski definition) is 1. The molecule has 0 aromatic carbocycles. The smallest absolute Gasteiger partial charge is 0.255 e. The number of ether oxygens (including phenoxy) is 1. The normalized spacial score (nSPS) is 15.3. The fraction of sp³-hybridized carbons (Fsp3) is 0.562. The molecule has 1 aromatic rings. The molecule has 2 heterocycles. The molecule has 1 saturated heterocycles. The molecule has 8 heteroatoms. The SMILES string of the molecule is COCCCNC(=O)CN1CCN(C(=O)c2cncc(Br)c2)CC1. The van der Waals surface area contributed by atoms with Crippen molar-refractivity contribution in [3.63, 3.8) is 0 Å². The number of pyridine rings is 1. The minimum absolute atomic E-state index is 0.0158. The number of carbonyl (C=O) groups is 2. The Morgan fingerprint density at radius 1 is 1.29 bits per heavy atom. The Balaban J connectivity index is 1.73. The molecule has 1 aliphatic rings. The highest BCUT2D eigenvalue weighted by Crippen LogP contribution is 2.13. The van der Waals surface area contributed by atoms with Crippen LogP contribution in [-0.4, -0.2) is 79.6 Å². The van der Waals surface area contributed by atoms with Crippen LogP contribution in [0.1, 0.15) is 16.8 Å². The topological polar surface area (TPSA) is 74.8 Å².